The second-order valence-electron chi connectivity index (χ2n) is 3.96. The molecule has 0 atom stereocenters. The van der Waals surface area contributed by atoms with Gasteiger partial charge in [0, 0.05) is 6.54 Å². The maximum atomic E-state index is 12.1. The molecule has 0 saturated carbocycles. The highest BCUT2D eigenvalue weighted by Crippen LogP contribution is 2.33. The number of rotatable bonds is 4. The van der Waals surface area contributed by atoms with Crippen molar-refractivity contribution in [1.82, 2.24) is 10.4 Å². The first-order valence-corrected chi connectivity index (χ1v) is 7.17. The summed E-state index contributed by atoms with van der Waals surface area (Å²) in [4.78, 5) is 12.7. The Hall–Kier alpha value is -1.57. The number of carbonyl (C=O) groups is 1. The lowest BCUT2D eigenvalue weighted by Gasteiger charge is -2.13. The van der Waals surface area contributed by atoms with E-state index in [9.17, 15) is 9.90 Å². The number of hydrogen-bond acceptors (Lipinski definition) is 6. The van der Waals surface area contributed by atoms with Gasteiger partial charge in [0.1, 0.15) is 0 Å². The Morgan fingerprint density at radius 2 is 2.30 bits per heavy atom. The second kappa shape index (κ2) is 6.25. The fraction of sp³-hybridized carbons (Fsp3) is 0.231. The van der Waals surface area contributed by atoms with Gasteiger partial charge in [0.2, 0.25) is 0 Å². The van der Waals surface area contributed by atoms with Crippen molar-refractivity contribution in [2.75, 3.05) is 13.7 Å². The minimum absolute atomic E-state index is 0.0600. The third kappa shape index (κ3) is 2.95. The Balaban J connectivity index is 2.28. The first-order valence-electron chi connectivity index (χ1n) is 5.95. The number of ether oxygens (including phenoxy) is 1. The van der Waals surface area contributed by atoms with Crippen molar-refractivity contribution in [3.63, 3.8) is 0 Å². The zero-order chi connectivity index (χ0) is 14.7. The van der Waals surface area contributed by atoms with Crippen LogP contribution in [-0.2, 0) is 4.79 Å². The Labute approximate surface area is 126 Å². The molecule has 2 rings (SSSR count). The molecule has 1 aromatic carbocycles. The summed E-state index contributed by atoms with van der Waals surface area (Å²) in [6.45, 7) is 2.51. The number of aromatic hydroxyl groups is 1. The van der Waals surface area contributed by atoms with Crippen LogP contribution in [0, 0.1) is 0 Å². The van der Waals surface area contributed by atoms with Crippen molar-refractivity contribution in [2.24, 2.45) is 0 Å². The Morgan fingerprint density at radius 1 is 1.55 bits per heavy atom. The number of nitrogens with zero attached hydrogens (tertiary/aromatic N) is 1. The monoisotopic (exact) mass is 310 g/mol. The molecule has 1 aliphatic rings. The van der Waals surface area contributed by atoms with E-state index in [1.165, 1.54) is 29.9 Å². The van der Waals surface area contributed by atoms with E-state index in [1.807, 2.05) is 6.92 Å². The number of phenolic OH excluding ortho intramolecular Hbond substituents is 1. The van der Waals surface area contributed by atoms with Crippen LogP contribution in [0.2, 0.25) is 0 Å². The number of thiocarbonyl (C=S) groups is 1. The Kier molecular flexibility index (Phi) is 4.64. The average molecular weight is 310 g/mol. The highest BCUT2D eigenvalue weighted by atomic mass is 32.2. The number of hydrogen-bond donors (Lipinski definition) is 2. The second-order valence-corrected chi connectivity index (χ2v) is 5.64. The molecule has 0 radical (unpaired) electrons. The molecule has 1 aromatic rings. The quantitative estimate of drug-likeness (QED) is 0.656. The van der Waals surface area contributed by atoms with Crippen molar-refractivity contribution >= 4 is 40.3 Å². The SMILES string of the molecule is CCNN1C(=O)/C(=C\c2ccc(O)c(OC)c2)SC1=S. The number of nitrogens with one attached hydrogen (secondary N) is 1. The maximum Gasteiger partial charge on any atom is 0.280 e. The minimum atomic E-state index is -0.172. The molecule has 0 spiro atoms. The molecule has 1 heterocycles. The molecule has 0 aliphatic carbocycles. The maximum absolute atomic E-state index is 12.1. The molecule has 5 nitrogen and oxygen atoms in total. The summed E-state index contributed by atoms with van der Waals surface area (Å²) in [5.41, 5.74) is 3.67. The number of amides is 1. The minimum Gasteiger partial charge on any atom is -0.504 e. The van der Waals surface area contributed by atoms with Crippen molar-refractivity contribution in [1.29, 1.82) is 0 Å². The molecule has 0 aromatic heterocycles. The summed E-state index contributed by atoms with van der Waals surface area (Å²) in [6, 6.07) is 4.89. The predicted molar refractivity (Wildman–Crippen MR) is 83.3 cm³/mol. The smallest absolute Gasteiger partial charge is 0.280 e. The number of hydrazine groups is 1. The molecule has 106 valence electrons. The molecule has 1 amide bonds. The lowest BCUT2D eigenvalue weighted by molar-refractivity contribution is -0.124. The fourth-order valence-corrected chi connectivity index (χ4v) is 2.91. The van der Waals surface area contributed by atoms with Crippen molar-refractivity contribution in [3.8, 4) is 11.5 Å². The van der Waals surface area contributed by atoms with Crippen LogP contribution in [0.15, 0.2) is 23.1 Å². The van der Waals surface area contributed by atoms with Crippen LogP contribution in [-0.4, -0.2) is 34.0 Å². The molecule has 20 heavy (non-hydrogen) atoms. The van der Waals surface area contributed by atoms with Gasteiger partial charge in [-0.15, -0.1) is 0 Å². The summed E-state index contributed by atoms with van der Waals surface area (Å²) in [5.74, 6) is 0.250. The molecule has 1 aliphatic heterocycles. The summed E-state index contributed by atoms with van der Waals surface area (Å²) in [6.07, 6.45) is 1.72. The predicted octanol–water partition coefficient (Wildman–Crippen LogP) is 2.13. The standard InChI is InChI=1S/C13H14N2O3S2/c1-3-14-15-12(17)11(20-13(15)19)7-8-4-5-9(16)10(6-8)18-2/h4-7,14,16H,3H2,1-2H3/b11-7+. The van der Waals surface area contributed by atoms with Crippen molar-refractivity contribution in [2.45, 2.75) is 6.92 Å². The highest BCUT2D eigenvalue weighted by Gasteiger charge is 2.31. The lowest BCUT2D eigenvalue weighted by Crippen LogP contribution is -2.40. The Morgan fingerprint density at radius 3 is 2.95 bits per heavy atom. The van der Waals surface area contributed by atoms with E-state index >= 15 is 0 Å². The van der Waals surface area contributed by atoms with Gasteiger partial charge >= 0.3 is 0 Å². The van der Waals surface area contributed by atoms with Crippen LogP contribution in [0.1, 0.15) is 12.5 Å². The van der Waals surface area contributed by atoms with Crippen molar-refractivity contribution in [3.05, 3.63) is 28.7 Å². The molecule has 2 N–H and O–H groups in total. The van der Waals surface area contributed by atoms with Gasteiger partial charge in [-0.2, -0.15) is 0 Å². The molecule has 1 fully saturated rings. The van der Waals surface area contributed by atoms with Crippen LogP contribution in [0.3, 0.4) is 0 Å². The van der Waals surface area contributed by atoms with Crippen LogP contribution >= 0.6 is 24.0 Å². The summed E-state index contributed by atoms with van der Waals surface area (Å²) >= 11 is 6.38. The van der Waals surface area contributed by atoms with Crippen LogP contribution in [0.4, 0.5) is 0 Å². The summed E-state index contributed by atoms with van der Waals surface area (Å²) in [5, 5.41) is 10.9. The van der Waals surface area contributed by atoms with E-state index in [0.29, 0.717) is 21.5 Å². The van der Waals surface area contributed by atoms with Gasteiger partial charge in [0.05, 0.1) is 12.0 Å². The van der Waals surface area contributed by atoms with Crippen LogP contribution in [0.5, 0.6) is 11.5 Å². The zero-order valence-electron chi connectivity index (χ0n) is 11.0. The molecule has 1 saturated heterocycles. The van der Waals surface area contributed by atoms with E-state index < -0.39 is 0 Å². The van der Waals surface area contributed by atoms with E-state index in [-0.39, 0.29) is 11.7 Å². The molecule has 0 bridgehead atoms. The number of thioether (sulfide) groups is 1. The number of phenols is 1. The van der Waals surface area contributed by atoms with Gasteiger partial charge in [-0.3, -0.25) is 4.79 Å². The van der Waals surface area contributed by atoms with E-state index in [2.05, 4.69) is 5.43 Å². The Bertz CT molecular complexity index is 587. The normalized spacial score (nSPS) is 17.1. The number of benzene rings is 1. The van der Waals surface area contributed by atoms with Gasteiger partial charge in [0.25, 0.3) is 5.91 Å². The van der Waals surface area contributed by atoms with Crippen LogP contribution in [0.25, 0.3) is 6.08 Å². The first-order chi connectivity index (χ1) is 9.56. The van der Waals surface area contributed by atoms with Gasteiger partial charge in [-0.25, -0.2) is 10.4 Å². The van der Waals surface area contributed by atoms with Crippen molar-refractivity contribution < 1.29 is 14.6 Å². The summed E-state index contributed by atoms with van der Waals surface area (Å²) < 4.78 is 5.52. The third-order valence-electron chi connectivity index (χ3n) is 2.61. The lowest BCUT2D eigenvalue weighted by atomic mass is 10.2. The third-order valence-corrected chi connectivity index (χ3v) is 3.91. The first kappa shape index (κ1) is 14.8. The fourth-order valence-electron chi connectivity index (χ4n) is 1.70. The number of carbonyl (C=O) groups excluding carboxylic acids is 1. The molecule has 7 heteroatoms. The largest absolute Gasteiger partial charge is 0.504 e. The summed E-state index contributed by atoms with van der Waals surface area (Å²) in [7, 11) is 1.48. The average Bonchev–Trinajstić information content (AvgIpc) is 2.69. The zero-order valence-corrected chi connectivity index (χ0v) is 12.7. The van der Waals surface area contributed by atoms with Gasteiger partial charge < -0.3 is 9.84 Å². The van der Waals surface area contributed by atoms with Gasteiger partial charge in [-0.1, -0.05) is 37.0 Å². The topological polar surface area (TPSA) is 61.8 Å². The van der Waals surface area contributed by atoms with Crippen LogP contribution < -0.4 is 10.2 Å². The highest BCUT2D eigenvalue weighted by molar-refractivity contribution is 8.26. The molecular weight excluding hydrogens is 296 g/mol. The van der Waals surface area contributed by atoms with Gasteiger partial charge in [-0.05, 0) is 23.8 Å². The van der Waals surface area contributed by atoms with E-state index in [0.717, 1.165) is 5.56 Å². The number of methoxy groups -OCH3 is 1. The van der Waals surface area contributed by atoms with E-state index in [1.54, 1.807) is 18.2 Å². The van der Waals surface area contributed by atoms with Gasteiger partial charge in [0.15, 0.2) is 15.8 Å². The molecular formula is C13H14N2O3S2. The molecule has 0 unspecified atom stereocenters. The van der Waals surface area contributed by atoms with E-state index in [4.69, 9.17) is 17.0 Å².